The largest absolute Gasteiger partial charge is 0.456 e. The molecule has 0 unspecified atom stereocenters. The topological polar surface area (TPSA) is 16.4 Å². The fourth-order valence-corrected chi connectivity index (χ4v) is 8.76. The van der Waals surface area contributed by atoms with Crippen molar-refractivity contribution in [1.82, 2.24) is 0 Å². The van der Waals surface area contributed by atoms with Crippen LogP contribution in [0.5, 0.6) is 0 Å². The molecule has 1 aliphatic rings. The van der Waals surface area contributed by atoms with Gasteiger partial charge in [0.2, 0.25) is 0 Å². The van der Waals surface area contributed by atoms with Gasteiger partial charge in [-0.1, -0.05) is 157 Å². The van der Waals surface area contributed by atoms with Crippen molar-refractivity contribution in [2.75, 3.05) is 4.90 Å². The van der Waals surface area contributed by atoms with Crippen molar-refractivity contribution in [3.05, 3.63) is 175 Å². The molecule has 0 spiro atoms. The first kappa shape index (κ1) is 33.0. The Morgan fingerprint density at radius 2 is 0.943 bits per heavy atom. The molecule has 1 aromatic heterocycles. The van der Waals surface area contributed by atoms with Gasteiger partial charge in [0.1, 0.15) is 11.2 Å². The Bertz CT molecular complexity index is 2620. The van der Waals surface area contributed by atoms with Crippen LogP contribution in [-0.4, -0.2) is 0 Å². The van der Waals surface area contributed by atoms with Gasteiger partial charge in [-0.3, -0.25) is 0 Å². The van der Waals surface area contributed by atoms with Gasteiger partial charge in [-0.2, -0.15) is 0 Å². The summed E-state index contributed by atoms with van der Waals surface area (Å²) in [6, 6.07) is 59.5. The highest BCUT2D eigenvalue weighted by Crippen LogP contribution is 2.63. The van der Waals surface area contributed by atoms with E-state index in [9.17, 15) is 0 Å². The quantitative estimate of drug-likeness (QED) is 0.173. The predicted molar refractivity (Wildman–Crippen MR) is 225 cm³/mol. The Morgan fingerprint density at radius 1 is 0.396 bits per heavy atom. The molecule has 53 heavy (non-hydrogen) atoms. The molecular weight excluding hydrogens is 643 g/mol. The molecule has 0 amide bonds. The van der Waals surface area contributed by atoms with Crippen molar-refractivity contribution in [3.8, 4) is 33.4 Å². The SMILES string of the molecule is CC1(C)c2cc(-c3ccc4oc5ccccc5c4c3)c(N(c3ccc(-c4ccccc4)cc3)c3ccccc3-c3ccccc3)cc2C(C)(C)C1(C)C. The van der Waals surface area contributed by atoms with E-state index in [2.05, 4.69) is 204 Å². The molecule has 2 heteroatoms. The monoisotopic (exact) mass is 687 g/mol. The second kappa shape index (κ2) is 12.1. The molecule has 0 N–H and O–H groups in total. The van der Waals surface area contributed by atoms with E-state index in [1.807, 2.05) is 6.07 Å². The molecular formula is C51H45NO. The number of hydrogen-bond donors (Lipinski definition) is 0. The van der Waals surface area contributed by atoms with Crippen molar-refractivity contribution >= 4 is 39.0 Å². The summed E-state index contributed by atoms with van der Waals surface area (Å²) >= 11 is 0. The van der Waals surface area contributed by atoms with E-state index >= 15 is 0 Å². The molecule has 1 heterocycles. The minimum atomic E-state index is -0.0778. The van der Waals surface area contributed by atoms with E-state index in [0.717, 1.165) is 39.0 Å². The first-order chi connectivity index (χ1) is 25.6. The normalized spacial score (nSPS) is 15.4. The van der Waals surface area contributed by atoms with Crippen LogP contribution in [0.4, 0.5) is 17.1 Å². The summed E-state index contributed by atoms with van der Waals surface area (Å²) < 4.78 is 6.32. The predicted octanol–water partition coefficient (Wildman–Crippen LogP) is 14.7. The highest BCUT2D eigenvalue weighted by atomic mass is 16.3. The summed E-state index contributed by atoms with van der Waals surface area (Å²) in [4.78, 5) is 2.50. The van der Waals surface area contributed by atoms with Gasteiger partial charge in [0, 0.05) is 27.6 Å². The number of anilines is 3. The van der Waals surface area contributed by atoms with Crippen LogP contribution in [0.2, 0.25) is 0 Å². The second-order valence-corrected chi connectivity index (χ2v) is 16.2. The zero-order valence-corrected chi connectivity index (χ0v) is 31.4. The highest BCUT2D eigenvalue weighted by Gasteiger charge is 2.57. The number of rotatable bonds is 6. The molecule has 8 aromatic rings. The van der Waals surface area contributed by atoms with Crippen LogP contribution in [0.25, 0.3) is 55.3 Å². The van der Waals surface area contributed by atoms with Gasteiger partial charge in [-0.15, -0.1) is 0 Å². The number of hydrogen-bond acceptors (Lipinski definition) is 2. The average Bonchev–Trinajstić information content (AvgIpc) is 3.60. The van der Waals surface area contributed by atoms with Crippen LogP contribution < -0.4 is 4.90 Å². The summed E-state index contributed by atoms with van der Waals surface area (Å²) in [6.45, 7) is 14.6. The number of fused-ring (bicyclic) bond motifs is 4. The maximum Gasteiger partial charge on any atom is 0.135 e. The number of nitrogens with zero attached hydrogens (tertiary/aromatic N) is 1. The van der Waals surface area contributed by atoms with E-state index in [-0.39, 0.29) is 16.2 Å². The van der Waals surface area contributed by atoms with Gasteiger partial charge in [-0.25, -0.2) is 0 Å². The van der Waals surface area contributed by atoms with E-state index in [0.29, 0.717) is 0 Å². The standard InChI is InChI=1S/C51H45NO/c1-49(2)43-32-41(37-27-30-48-42(31-37)40-22-14-16-24-47(40)53-48)46(33-44(43)50(3,4)51(49,5)6)52(38-28-25-35(26-29-38)34-17-9-7-10-18-34)45-23-15-13-21-39(45)36-19-11-8-12-20-36/h7-33H,1-6H3. The lowest BCUT2D eigenvalue weighted by molar-refractivity contribution is 0.125. The number of furan rings is 1. The maximum atomic E-state index is 6.32. The van der Waals surface area contributed by atoms with Crippen LogP contribution in [0.1, 0.15) is 52.7 Å². The minimum Gasteiger partial charge on any atom is -0.456 e. The van der Waals surface area contributed by atoms with Crippen LogP contribution in [0.15, 0.2) is 168 Å². The fraction of sp³-hybridized carbons (Fsp3) is 0.176. The zero-order chi connectivity index (χ0) is 36.5. The third-order valence-electron chi connectivity index (χ3n) is 13.0. The zero-order valence-electron chi connectivity index (χ0n) is 31.4. The first-order valence-corrected chi connectivity index (χ1v) is 18.8. The first-order valence-electron chi connectivity index (χ1n) is 18.8. The lowest BCUT2D eigenvalue weighted by atomic mass is 9.59. The summed E-state index contributed by atoms with van der Waals surface area (Å²) in [6.07, 6.45) is 0. The molecule has 9 rings (SSSR count). The molecule has 0 radical (unpaired) electrons. The average molecular weight is 688 g/mol. The van der Waals surface area contributed by atoms with Gasteiger partial charge < -0.3 is 9.32 Å². The Balaban J connectivity index is 1.36. The summed E-state index contributed by atoms with van der Waals surface area (Å²) in [5.74, 6) is 0. The number of para-hydroxylation sites is 2. The van der Waals surface area contributed by atoms with Gasteiger partial charge in [0.25, 0.3) is 0 Å². The number of benzene rings is 7. The molecule has 0 fully saturated rings. The summed E-state index contributed by atoms with van der Waals surface area (Å²) in [5.41, 5.74) is 15.1. The molecule has 260 valence electrons. The Kier molecular flexibility index (Phi) is 7.54. The van der Waals surface area contributed by atoms with Crippen molar-refractivity contribution in [3.63, 3.8) is 0 Å². The van der Waals surface area contributed by atoms with E-state index in [4.69, 9.17) is 4.42 Å². The Hall–Kier alpha value is -5.86. The van der Waals surface area contributed by atoms with Gasteiger partial charge in [0.05, 0.1) is 11.4 Å². The fourth-order valence-electron chi connectivity index (χ4n) is 8.76. The molecule has 0 atom stereocenters. The lowest BCUT2D eigenvalue weighted by Gasteiger charge is -2.44. The van der Waals surface area contributed by atoms with Crippen LogP contribution >= 0.6 is 0 Å². The maximum absolute atomic E-state index is 6.32. The molecule has 1 aliphatic carbocycles. The van der Waals surface area contributed by atoms with Crippen LogP contribution in [0, 0.1) is 5.41 Å². The Morgan fingerprint density at radius 3 is 1.66 bits per heavy atom. The third-order valence-corrected chi connectivity index (χ3v) is 13.0. The molecule has 0 saturated carbocycles. The van der Waals surface area contributed by atoms with Gasteiger partial charge >= 0.3 is 0 Å². The summed E-state index contributed by atoms with van der Waals surface area (Å²) in [7, 11) is 0. The van der Waals surface area contributed by atoms with Crippen molar-refractivity contribution in [2.45, 2.75) is 52.4 Å². The molecule has 7 aromatic carbocycles. The molecule has 0 bridgehead atoms. The second-order valence-electron chi connectivity index (χ2n) is 16.2. The van der Waals surface area contributed by atoms with Crippen LogP contribution in [-0.2, 0) is 10.8 Å². The molecule has 0 saturated heterocycles. The smallest absolute Gasteiger partial charge is 0.135 e. The van der Waals surface area contributed by atoms with Gasteiger partial charge in [-0.05, 0) is 98.2 Å². The van der Waals surface area contributed by atoms with E-state index in [1.165, 1.54) is 44.5 Å². The molecule has 0 aliphatic heterocycles. The highest BCUT2D eigenvalue weighted by molar-refractivity contribution is 6.07. The van der Waals surface area contributed by atoms with Gasteiger partial charge in [0.15, 0.2) is 0 Å². The van der Waals surface area contributed by atoms with Crippen molar-refractivity contribution in [2.24, 2.45) is 5.41 Å². The van der Waals surface area contributed by atoms with E-state index < -0.39 is 0 Å². The summed E-state index contributed by atoms with van der Waals surface area (Å²) in [5, 5.41) is 2.27. The minimum absolute atomic E-state index is 0.00699. The third kappa shape index (κ3) is 5.07. The molecule has 2 nitrogen and oxygen atoms in total. The van der Waals surface area contributed by atoms with Crippen molar-refractivity contribution in [1.29, 1.82) is 0 Å². The lowest BCUT2D eigenvalue weighted by Crippen LogP contribution is -2.42. The Labute approximate surface area is 313 Å². The van der Waals surface area contributed by atoms with Crippen molar-refractivity contribution < 1.29 is 4.42 Å². The van der Waals surface area contributed by atoms with Crippen LogP contribution in [0.3, 0.4) is 0 Å². The van der Waals surface area contributed by atoms with E-state index in [1.54, 1.807) is 0 Å².